The molecule has 0 aromatic carbocycles. The van der Waals surface area contributed by atoms with E-state index in [-0.39, 0.29) is 11.8 Å². The van der Waals surface area contributed by atoms with Crippen molar-refractivity contribution in [3.63, 3.8) is 0 Å². The lowest BCUT2D eigenvalue weighted by atomic mass is 9.89. The van der Waals surface area contributed by atoms with E-state index in [0.717, 1.165) is 37.0 Å². The van der Waals surface area contributed by atoms with E-state index in [1.54, 1.807) is 0 Å². The van der Waals surface area contributed by atoms with Gasteiger partial charge >= 0.3 is 0 Å². The number of nitrogens with two attached hydrogens (primary N) is 1. The zero-order valence-electron chi connectivity index (χ0n) is 9.44. The van der Waals surface area contributed by atoms with Crippen LogP contribution in [0.5, 0.6) is 0 Å². The first kappa shape index (κ1) is 12.0. The number of nitrogens with one attached hydrogen (secondary N) is 1. The third-order valence-corrected chi connectivity index (χ3v) is 3.88. The summed E-state index contributed by atoms with van der Waals surface area (Å²) in [6.07, 6.45) is 6.72. The van der Waals surface area contributed by atoms with Gasteiger partial charge in [0.05, 0.1) is 6.20 Å². The smallest absolute Gasteiger partial charge is 0.260 e. The van der Waals surface area contributed by atoms with Crippen molar-refractivity contribution in [2.75, 3.05) is 5.32 Å². The number of aromatic nitrogens is 1. The van der Waals surface area contributed by atoms with Crippen LogP contribution in [0.25, 0.3) is 0 Å². The predicted octanol–water partition coefficient (Wildman–Crippen LogP) is 1.76. The summed E-state index contributed by atoms with van der Waals surface area (Å²) in [5.41, 5.74) is 5.12. The van der Waals surface area contributed by atoms with Crippen LogP contribution < -0.4 is 11.1 Å². The lowest BCUT2D eigenvalue weighted by Crippen LogP contribution is -2.24. The van der Waals surface area contributed by atoms with E-state index < -0.39 is 5.91 Å². The molecule has 1 aromatic rings. The van der Waals surface area contributed by atoms with Crippen LogP contribution in [-0.4, -0.2) is 16.8 Å². The van der Waals surface area contributed by atoms with E-state index in [1.165, 1.54) is 12.6 Å². The lowest BCUT2D eigenvalue weighted by Gasteiger charge is -2.19. The fourth-order valence-electron chi connectivity index (χ4n) is 2.02. The Kier molecular flexibility index (Phi) is 3.73. The van der Waals surface area contributed by atoms with Gasteiger partial charge in [-0.05, 0) is 12.8 Å². The van der Waals surface area contributed by atoms with Crippen LogP contribution in [0.15, 0.2) is 6.20 Å². The molecule has 17 heavy (non-hydrogen) atoms. The fourth-order valence-corrected chi connectivity index (χ4v) is 2.69. The maximum atomic E-state index is 11.9. The maximum Gasteiger partial charge on any atom is 0.260 e. The van der Waals surface area contributed by atoms with Crippen molar-refractivity contribution in [3.05, 3.63) is 11.1 Å². The van der Waals surface area contributed by atoms with Gasteiger partial charge in [0.1, 0.15) is 4.88 Å². The first-order valence-electron chi connectivity index (χ1n) is 5.73. The monoisotopic (exact) mass is 253 g/mol. The average Bonchev–Trinajstić information content (AvgIpc) is 2.79. The highest BCUT2D eigenvalue weighted by molar-refractivity contribution is 7.17. The molecular weight excluding hydrogens is 238 g/mol. The molecule has 1 aliphatic rings. The summed E-state index contributed by atoms with van der Waals surface area (Å²) < 4.78 is 0. The summed E-state index contributed by atoms with van der Waals surface area (Å²) in [5, 5.41) is 3.20. The molecule has 6 heteroatoms. The van der Waals surface area contributed by atoms with Gasteiger partial charge in [0.15, 0.2) is 5.13 Å². The average molecular weight is 253 g/mol. The number of hydrogen-bond donors (Lipinski definition) is 2. The van der Waals surface area contributed by atoms with Crippen LogP contribution in [0.3, 0.4) is 0 Å². The number of anilines is 1. The topological polar surface area (TPSA) is 85.1 Å². The first-order valence-corrected chi connectivity index (χ1v) is 6.55. The van der Waals surface area contributed by atoms with Gasteiger partial charge in [0.25, 0.3) is 5.91 Å². The summed E-state index contributed by atoms with van der Waals surface area (Å²) in [6.45, 7) is 0. The maximum absolute atomic E-state index is 11.9. The van der Waals surface area contributed by atoms with Gasteiger partial charge in [-0.15, -0.1) is 0 Å². The van der Waals surface area contributed by atoms with Gasteiger partial charge in [-0.25, -0.2) is 4.98 Å². The molecule has 0 unspecified atom stereocenters. The van der Waals surface area contributed by atoms with Gasteiger partial charge < -0.3 is 11.1 Å². The lowest BCUT2D eigenvalue weighted by molar-refractivity contribution is -0.120. The van der Waals surface area contributed by atoms with Gasteiger partial charge in [-0.2, -0.15) is 0 Å². The minimum atomic E-state index is -0.513. The molecule has 0 bridgehead atoms. The number of rotatable bonds is 3. The molecule has 1 aliphatic carbocycles. The number of amides is 2. The van der Waals surface area contributed by atoms with E-state index in [0.29, 0.717) is 10.0 Å². The second-order valence-electron chi connectivity index (χ2n) is 4.22. The van der Waals surface area contributed by atoms with Crippen LogP contribution >= 0.6 is 11.3 Å². The zero-order chi connectivity index (χ0) is 12.3. The Labute approximate surface area is 103 Å². The minimum absolute atomic E-state index is 0.00932. The molecule has 1 fully saturated rings. The summed E-state index contributed by atoms with van der Waals surface area (Å²) in [7, 11) is 0. The minimum Gasteiger partial charge on any atom is -0.365 e. The number of thiazole rings is 1. The summed E-state index contributed by atoms with van der Waals surface area (Å²) >= 11 is 1.12. The third kappa shape index (κ3) is 3.03. The summed E-state index contributed by atoms with van der Waals surface area (Å²) in [5.74, 6) is -0.416. The Morgan fingerprint density at radius 3 is 2.65 bits per heavy atom. The molecule has 1 aromatic heterocycles. The van der Waals surface area contributed by atoms with E-state index in [9.17, 15) is 9.59 Å². The Bertz CT molecular complexity index is 424. The van der Waals surface area contributed by atoms with E-state index >= 15 is 0 Å². The van der Waals surface area contributed by atoms with Gasteiger partial charge in [0.2, 0.25) is 5.91 Å². The van der Waals surface area contributed by atoms with Crippen LogP contribution in [-0.2, 0) is 4.79 Å². The van der Waals surface area contributed by atoms with Crippen LogP contribution in [0.4, 0.5) is 5.13 Å². The molecule has 3 N–H and O–H groups in total. The van der Waals surface area contributed by atoms with Crippen molar-refractivity contribution in [3.8, 4) is 0 Å². The molecule has 2 rings (SSSR count). The second-order valence-corrected chi connectivity index (χ2v) is 5.25. The number of hydrogen-bond acceptors (Lipinski definition) is 4. The highest BCUT2D eigenvalue weighted by Crippen LogP contribution is 2.26. The number of carbonyl (C=O) groups is 2. The highest BCUT2D eigenvalue weighted by Gasteiger charge is 2.22. The van der Waals surface area contributed by atoms with Gasteiger partial charge in [-0.1, -0.05) is 30.6 Å². The van der Waals surface area contributed by atoms with Crippen molar-refractivity contribution < 1.29 is 9.59 Å². The van der Waals surface area contributed by atoms with Crippen molar-refractivity contribution >= 4 is 28.3 Å². The highest BCUT2D eigenvalue weighted by atomic mass is 32.1. The quantitative estimate of drug-likeness (QED) is 0.860. The van der Waals surface area contributed by atoms with Crippen molar-refractivity contribution in [1.29, 1.82) is 0 Å². The van der Waals surface area contributed by atoms with Crippen molar-refractivity contribution in [2.45, 2.75) is 32.1 Å². The van der Waals surface area contributed by atoms with Crippen LogP contribution in [0.1, 0.15) is 41.8 Å². The van der Waals surface area contributed by atoms with Crippen molar-refractivity contribution in [1.82, 2.24) is 4.98 Å². The third-order valence-electron chi connectivity index (χ3n) is 2.95. The molecular formula is C11H15N3O2S. The first-order chi connectivity index (χ1) is 8.16. The molecule has 1 heterocycles. The Morgan fingerprint density at radius 1 is 1.35 bits per heavy atom. The molecule has 0 radical (unpaired) electrons. The molecule has 0 saturated heterocycles. The zero-order valence-corrected chi connectivity index (χ0v) is 10.3. The molecule has 92 valence electrons. The van der Waals surface area contributed by atoms with E-state index in [1.807, 2.05) is 0 Å². The van der Waals surface area contributed by atoms with E-state index in [2.05, 4.69) is 10.3 Å². The molecule has 0 spiro atoms. The second kappa shape index (κ2) is 5.27. The molecule has 2 amide bonds. The standard InChI is InChI=1S/C11H15N3O2S/c12-9(15)8-6-13-11(17-8)14-10(16)7-4-2-1-3-5-7/h6-7H,1-5H2,(H2,12,15)(H,13,14,16). The largest absolute Gasteiger partial charge is 0.365 e. The van der Waals surface area contributed by atoms with Gasteiger partial charge in [0, 0.05) is 5.92 Å². The predicted molar refractivity (Wildman–Crippen MR) is 65.8 cm³/mol. The Hall–Kier alpha value is -1.43. The number of carbonyl (C=O) groups excluding carboxylic acids is 2. The van der Waals surface area contributed by atoms with Crippen LogP contribution in [0, 0.1) is 5.92 Å². The Balaban J connectivity index is 1.94. The summed E-state index contributed by atoms with van der Waals surface area (Å²) in [6, 6.07) is 0. The van der Waals surface area contributed by atoms with Crippen LogP contribution in [0.2, 0.25) is 0 Å². The Morgan fingerprint density at radius 2 is 2.06 bits per heavy atom. The molecule has 0 atom stereocenters. The number of primary amides is 1. The number of nitrogens with zero attached hydrogens (tertiary/aromatic N) is 1. The molecule has 0 aliphatic heterocycles. The SMILES string of the molecule is NC(=O)c1cnc(NC(=O)C2CCCCC2)s1. The molecule has 1 saturated carbocycles. The van der Waals surface area contributed by atoms with E-state index in [4.69, 9.17) is 5.73 Å². The van der Waals surface area contributed by atoms with Gasteiger partial charge in [-0.3, -0.25) is 9.59 Å². The summed E-state index contributed by atoms with van der Waals surface area (Å²) in [4.78, 5) is 27.1. The van der Waals surface area contributed by atoms with Crippen molar-refractivity contribution in [2.24, 2.45) is 11.7 Å². The molecule has 5 nitrogen and oxygen atoms in total. The normalized spacial score (nSPS) is 16.7. The fraction of sp³-hybridized carbons (Fsp3) is 0.545.